The van der Waals surface area contributed by atoms with Crippen molar-refractivity contribution in [3.63, 3.8) is 0 Å². The van der Waals surface area contributed by atoms with E-state index in [0.29, 0.717) is 12.4 Å². The fraction of sp³-hybridized carbons (Fsp3) is 0.286. The summed E-state index contributed by atoms with van der Waals surface area (Å²) in [4.78, 5) is 16.9. The molecule has 1 atom stereocenters. The standard InChI is InChI=1S/C21H21ClF3N5O/c1-13(2)19(28-17-4-3-15(11-16(17)22)21(23,24)25)20(31)29-18-7-10-27-30(18)12-14-5-8-26-9-6-14/h3-11,13,19,28H,12H2,1-2H3,(H,29,31)/t19-/m1/s1. The number of anilines is 2. The number of carbonyl (C=O) groups is 1. The van der Waals surface area contributed by atoms with Crippen molar-refractivity contribution in [2.24, 2.45) is 5.92 Å². The molecular weight excluding hydrogens is 431 g/mol. The van der Waals surface area contributed by atoms with Gasteiger partial charge in [-0.05, 0) is 41.8 Å². The summed E-state index contributed by atoms with van der Waals surface area (Å²) in [6.07, 6.45) is 0.415. The number of rotatable bonds is 7. The molecule has 3 rings (SSSR count). The molecule has 31 heavy (non-hydrogen) atoms. The van der Waals surface area contributed by atoms with Gasteiger partial charge in [-0.2, -0.15) is 18.3 Å². The largest absolute Gasteiger partial charge is 0.416 e. The Morgan fingerprint density at radius 3 is 2.45 bits per heavy atom. The molecule has 2 heterocycles. The maximum atomic E-state index is 13.0. The summed E-state index contributed by atoms with van der Waals surface area (Å²) in [5.74, 6) is -0.0369. The van der Waals surface area contributed by atoms with Crippen molar-refractivity contribution >= 4 is 29.0 Å². The molecule has 0 fully saturated rings. The Labute approximate surface area is 182 Å². The SMILES string of the molecule is CC(C)[C@@H](Nc1ccc(C(F)(F)F)cc1Cl)C(=O)Nc1ccnn1Cc1ccncc1. The topological polar surface area (TPSA) is 71.8 Å². The van der Waals surface area contributed by atoms with Gasteiger partial charge in [-0.3, -0.25) is 9.78 Å². The molecule has 0 saturated carbocycles. The van der Waals surface area contributed by atoms with Crippen LogP contribution < -0.4 is 10.6 Å². The predicted octanol–water partition coefficient (Wildman–Crippen LogP) is 5.07. The van der Waals surface area contributed by atoms with Crippen molar-refractivity contribution in [2.45, 2.75) is 32.6 Å². The first kappa shape index (κ1) is 22.6. The molecule has 1 amide bonds. The van der Waals surface area contributed by atoms with Crippen molar-refractivity contribution in [1.29, 1.82) is 0 Å². The molecule has 0 radical (unpaired) electrons. The molecule has 10 heteroatoms. The Morgan fingerprint density at radius 2 is 1.84 bits per heavy atom. The van der Waals surface area contributed by atoms with Gasteiger partial charge in [-0.1, -0.05) is 25.4 Å². The Balaban J connectivity index is 1.75. The van der Waals surface area contributed by atoms with E-state index < -0.39 is 17.8 Å². The lowest BCUT2D eigenvalue weighted by atomic mass is 10.0. The lowest BCUT2D eigenvalue weighted by molar-refractivity contribution is -0.137. The third-order valence-electron chi connectivity index (χ3n) is 4.61. The Hall–Kier alpha value is -3.07. The number of amides is 1. The second-order valence-electron chi connectivity index (χ2n) is 7.28. The van der Waals surface area contributed by atoms with E-state index in [0.717, 1.165) is 17.7 Å². The zero-order chi connectivity index (χ0) is 22.6. The van der Waals surface area contributed by atoms with Crippen LogP contribution in [0.25, 0.3) is 0 Å². The summed E-state index contributed by atoms with van der Waals surface area (Å²) in [6.45, 7) is 4.09. The van der Waals surface area contributed by atoms with Crippen LogP contribution in [0.1, 0.15) is 25.0 Å². The molecule has 0 unspecified atom stereocenters. The molecule has 0 aliphatic heterocycles. The van der Waals surface area contributed by atoms with Gasteiger partial charge in [0.1, 0.15) is 11.9 Å². The third-order valence-corrected chi connectivity index (χ3v) is 4.92. The van der Waals surface area contributed by atoms with Crippen LogP contribution in [0.5, 0.6) is 0 Å². The van der Waals surface area contributed by atoms with E-state index in [1.54, 1.807) is 29.3 Å². The summed E-state index contributed by atoms with van der Waals surface area (Å²) in [5.41, 5.74) is 0.353. The highest BCUT2D eigenvalue weighted by atomic mass is 35.5. The van der Waals surface area contributed by atoms with Gasteiger partial charge in [0.15, 0.2) is 0 Å². The molecule has 6 nitrogen and oxygen atoms in total. The van der Waals surface area contributed by atoms with Gasteiger partial charge in [0.05, 0.1) is 29.0 Å². The lowest BCUT2D eigenvalue weighted by Gasteiger charge is -2.24. The van der Waals surface area contributed by atoms with Gasteiger partial charge < -0.3 is 10.6 Å². The summed E-state index contributed by atoms with van der Waals surface area (Å²) in [6, 6.07) is 7.61. The number of carbonyl (C=O) groups excluding carboxylic acids is 1. The van der Waals surface area contributed by atoms with E-state index in [-0.39, 0.29) is 22.5 Å². The normalized spacial score (nSPS) is 12.6. The van der Waals surface area contributed by atoms with E-state index >= 15 is 0 Å². The molecule has 0 saturated heterocycles. The number of alkyl halides is 3. The van der Waals surface area contributed by atoms with Gasteiger partial charge in [0.2, 0.25) is 5.91 Å². The van der Waals surface area contributed by atoms with Crippen molar-refractivity contribution in [3.05, 3.63) is 71.1 Å². The van der Waals surface area contributed by atoms with Crippen LogP contribution in [0.3, 0.4) is 0 Å². The molecule has 0 bridgehead atoms. The zero-order valence-electron chi connectivity index (χ0n) is 16.8. The van der Waals surface area contributed by atoms with E-state index in [1.165, 1.54) is 6.07 Å². The summed E-state index contributed by atoms with van der Waals surface area (Å²) in [5, 5.41) is 9.90. The van der Waals surface area contributed by atoms with Crippen molar-refractivity contribution in [1.82, 2.24) is 14.8 Å². The van der Waals surface area contributed by atoms with Crippen LogP contribution >= 0.6 is 11.6 Å². The number of hydrogen-bond acceptors (Lipinski definition) is 4. The van der Waals surface area contributed by atoms with Gasteiger partial charge in [-0.25, -0.2) is 4.68 Å². The number of aromatic nitrogens is 3. The molecule has 2 aromatic heterocycles. The summed E-state index contributed by atoms with van der Waals surface area (Å²) >= 11 is 6.03. The van der Waals surface area contributed by atoms with E-state index in [9.17, 15) is 18.0 Å². The summed E-state index contributed by atoms with van der Waals surface area (Å²) < 4.78 is 40.2. The van der Waals surface area contributed by atoms with Crippen molar-refractivity contribution < 1.29 is 18.0 Å². The van der Waals surface area contributed by atoms with Gasteiger partial charge >= 0.3 is 6.18 Å². The van der Waals surface area contributed by atoms with E-state index in [2.05, 4.69) is 20.7 Å². The monoisotopic (exact) mass is 451 g/mol. The van der Waals surface area contributed by atoms with Crippen LogP contribution in [0.4, 0.5) is 24.7 Å². The first-order valence-electron chi connectivity index (χ1n) is 9.50. The second-order valence-corrected chi connectivity index (χ2v) is 7.68. The minimum atomic E-state index is -4.50. The lowest BCUT2D eigenvalue weighted by Crippen LogP contribution is -2.39. The first-order chi connectivity index (χ1) is 14.6. The van der Waals surface area contributed by atoms with Gasteiger partial charge in [0, 0.05) is 18.5 Å². The highest BCUT2D eigenvalue weighted by Crippen LogP contribution is 2.34. The highest BCUT2D eigenvalue weighted by molar-refractivity contribution is 6.33. The molecule has 0 aliphatic carbocycles. The molecule has 0 spiro atoms. The second kappa shape index (κ2) is 9.38. The molecule has 0 aliphatic rings. The third kappa shape index (κ3) is 5.75. The van der Waals surface area contributed by atoms with Crippen LogP contribution in [-0.4, -0.2) is 26.7 Å². The highest BCUT2D eigenvalue weighted by Gasteiger charge is 2.31. The number of nitrogens with zero attached hydrogens (tertiary/aromatic N) is 3. The Morgan fingerprint density at radius 1 is 1.13 bits per heavy atom. The Bertz CT molecular complexity index is 1040. The van der Waals surface area contributed by atoms with Crippen LogP contribution in [0.2, 0.25) is 5.02 Å². The molecule has 2 N–H and O–H groups in total. The fourth-order valence-electron chi connectivity index (χ4n) is 2.94. The average Bonchev–Trinajstić information content (AvgIpc) is 3.13. The first-order valence-corrected chi connectivity index (χ1v) is 9.88. The van der Waals surface area contributed by atoms with Crippen molar-refractivity contribution in [2.75, 3.05) is 10.6 Å². The number of nitrogens with one attached hydrogen (secondary N) is 2. The maximum absolute atomic E-state index is 13.0. The van der Waals surface area contributed by atoms with Crippen molar-refractivity contribution in [3.8, 4) is 0 Å². The smallest absolute Gasteiger partial charge is 0.372 e. The summed E-state index contributed by atoms with van der Waals surface area (Å²) in [7, 11) is 0. The fourth-order valence-corrected chi connectivity index (χ4v) is 3.18. The average molecular weight is 452 g/mol. The minimum absolute atomic E-state index is 0.115. The van der Waals surface area contributed by atoms with Gasteiger partial charge in [0.25, 0.3) is 0 Å². The quantitative estimate of drug-likeness (QED) is 0.526. The molecular formula is C21H21ClF3N5O. The van der Waals surface area contributed by atoms with Crippen LogP contribution in [-0.2, 0) is 17.5 Å². The number of pyridine rings is 1. The molecule has 1 aromatic carbocycles. The number of halogens is 4. The van der Waals surface area contributed by atoms with Crippen LogP contribution in [0.15, 0.2) is 55.0 Å². The minimum Gasteiger partial charge on any atom is -0.372 e. The zero-order valence-corrected chi connectivity index (χ0v) is 17.6. The Kier molecular flexibility index (Phi) is 6.84. The predicted molar refractivity (Wildman–Crippen MR) is 113 cm³/mol. The van der Waals surface area contributed by atoms with Crippen LogP contribution in [0, 0.1) is 5.92 Å². The number of hydrogen-bond donors (Lipinski definition) is 2. The van der Waals surface area contributed by atoms with E-state index in [1.807, 2.05) is 26.0 Å². The maximum Gasteiger partial charge on any atom is 0.416 e. The van der Waals surface area contributed by atoms with E-state index in [4.69, 9.17) is 11.6 Å². The van der Waals surface area contributed by atoms with Gasteiger partial charge in [-0.15, -0.1) is 0 Å². The molecule has 3 aromatic rings. The number of benzene rings is 1. The molecule has 164 valence electrons.